The number of hydroxylamine groups is 2. The lowest BCUT2D eigenvalue weighted by atomic mass is 9.93. The molecule has 180 valence electrons. The number of benzene rings is 1. The van der Waals surface area contributed by atoms with Gasteiger partial charge in [0.25, 0.3) is 0 Å². The first-order valence-corrected chi connectivity index (χ1v) is 10.7. The van der Waals surface area contributed by atoms with Crippen LogP contribution in [-0.2, 0) is 35.2 Å². The summed E-state index contributed by atoms with van der Waals surface area (Å²) in [6.45, 7) is 6.53. The third-order valence-electron chi connectivity index (χ3n) is 4.93. The van der Waals surface area contributed by atoms with Crippen LogP contribution in [-0.4, -0.2) is 64.0 Å². The predicted molar refractivity (Wildman–Crippen MR) is 116 cm³/mol. The average Bonchev–Trinajstić information content (AvgIpc) is 3.22. The molecular weight excluding hydrogens is 432 g/mol. The van der Waals surface area contributed by atoms with Crippen molar-refractivity contribution in [3.8, 4) is 0 Å². The zero-order chi connectivity index (χ0) is 24.8. The van der Waals surface area contributed by atoms with E-state index in [2.05, 4.69) is 5.32 Å². The van der Waals surface area contributed by atoms with Crippen LogP contribution in [0.4, 0.5) is 4.79 Å². The molecule has 0 aliphatic carbocycles. The molecule has 0 saturated carbocycles. The van der Waals surface area contributed by atoms with E-state index >= 15 is 0 Å². The van der Waals surface area contributed by atoms with E-state index in [9.17, 15) is 24.0 Å². The Kier molecular flexibility index (Phi) is 8.69. The van der Waals surface area contributed by atoms with Crippen molar-refractivity contribution < 1.29 is 38.7 Å². The summed E-state index contributed by atoms with van der Waals surface area (Å²) in [5, 5.41) is 12.4. The minimum absolute atomic E-state index is 0.124. The first kappa shape index (κ1) is 26.0. The van der Waals surface area contributed by atoms with Crippen molar-refractivity contribution in [2.45, 2.75) is 64.6 Å². The molecule has 1 aliphatic heterocycles. The fourth-order valence-electron chi connectivity index (χ4n) is 3.30. The molecule has 1 aromatic carbocycles. The fraction of sp³-hybridized carbons (Fsp3) is 0.522. The lowest BCUT2D eigenvalue weighted by Crippen LogP contribution is -2.52. The normalized spacial score (nSPS) is 17.7. The van der Waals surface area contributed by atoms with Gasteiger partial charge in [-0.3, -0.25) is 19.2 Å². The van der Waals surface area contributed by atoms with Gasteiger partial charge in [0.1, 0.15) is 11.6 Å². The second-order valence-corrected chi connectivity index (χ2v) is 8.94. The smallest absolute Gasteiger partial charge is 0.435 e. The van der Waals surface area contributed by atoms with Crippen LogP contribution in [0.25, 0.3) is 0 Å². The van der Waals surface area contributed by atoms with Gasteiger partial charge in [-0.15, -0.1) is 0 Å². The molecule has 2 amide bonds. The van der Waals surface area contributed by atoms with Crippen molar-refractivity contribution in [2.75, 3.05) is 6.61 Å². The molecule has 1 unspecified atom stereocenters. The van der Waals surface area contributed by atoms with Gasteiger partial charge in [-0.2, -0.15) is 5.06 Å². The summed E-state index contributed by atoms with van der Waals surface area (Å²) in [5.41, 5.74) is -0.0251. The maximum absolute atomic E-state index is 13.0. The third kappa shape index (κ3) is 7.67. The Hall–Kier alpha value is -3.27. The van der Waals surface area contributed by atoms with E-state index in [1.54, 1.807) is 51.1 Å². The van der Waals surface area contributed by atoms with Crippen molar-refractivity contribution in [1.82, 2.24) is 10.4 Å². The highest BCUT2D eigenvalue weighted by atomic mass is 16.7. The molecule has 1 fully saturated rings. The van der Waals surface area contributed by atoms with Gasteiger partial charge in [-0.25, -0.2) is 9.59 Å². The van der Waals surface area contributed by atoms with Gasteiger partial charge < -0.3 is 15.2 Å². The molecule has 2 rings (SSSR count). The van der Waals surface area contributed by atoms with Gasteiger partial charge in [0.15, 0.2) is 5.78 Å². The molecule has 1 saturated heterocycles. The largest absolute Gasteiger partial charge is 0.475 e. The number of aliphatic carboxylic acids is 1. The van der Waals surface area contributed by atoms with Gasteiger partial charge in [-0.1, -0.05) is 37.3 Å². The van der Waals surface area contributed by atoms with Gasteiger partial charge in [-0.05, 0) is 32.8 Å². The van der Waals surface area contributed by atoms with Crippen LogP contribution in [0.5, 0.6) is 0 Å². The molecule has 33 heavy (non-hydrogen) atoms. The third-order valence-corrected chi connectivity index (χ3v) is 4.93. The van der Waals surface area contributed by atoms with Gasteiger partial charge in [0.05, 0.1) is 12.6 Å². The van der Waals surface area contributed by atoms with Crippen LogP contribution in [0.1, 0.15) is 46.1 Å². The Morgan fingerprint density at radius 1 is 1.18 bits per heavy atom. The molecule has 10 heteroatoms. The fourth-order valence-corrected chi connectivity index (χ4v) is 3.30. The van der Waals surface area contributed by atoms with Crippen LogP contribution in [0.15, 0.2) is 30.3 Å². The Morgan fingerprint density at radius 3 is 2.39 bits per heavy atom. The second kappa shape index (κ2) is 11.0. The predicted octanol–water partition coefficient (Wildman–Crippen LogP) is 1.90. The molecule has 10 nitrogen and oxygen atoms in total. The zero-order valence-corrected chi connectivity index (χ0v) is 19.2. The standard InChI is InChI=1S/C23H30N2O8/c1-14(19(27)21(29)30)12-18(26)16(13-15-8-6-5-7-9-15)24-20(28)17-10-11-32-25(17)22(31)33-23(2,3)4/h5-9,14,16-17H,10-13H2,1-4H3,(H,24,28)(H,29,30)/t14-,16+,17?/m1/s1. The molecule has 1 aromatic rings. The van der Waals surface area contributed by atoms with Gasteiger partial charge in [0.2, 0.25) is 11.7 Å². The molecule has 3 atom stereocenters. The Labute approximate surface area is 192 Å². The number of rotatable bonds is 9. The summed E-state index contributed by atoms with van der Waals surface area (Å²) in [4.78, 5) is 66.3. The van der Waals surface area contributed by atoms with Crippen LogP contribution in [0.3, 0.4) is 0 Å². The van der Waals surface area contributed by atoms with E-state index in [-0.39, 0.29) is 25.9 Å². The summed E-state index contributed by atoms with van der Waals surface area (Å²) in [6.07, 6.45) is -0.809. The van der Waals surface area contributed by atoms with Crippen molar-refractivity contribution in [2.24, 2.45) is 5.92 Å². The van der Waals surface area contributed by atoms with Crippen LogP contribution >= 0.6 is 0 Å². The number of ketones is 2. The summed E-state index contributed by atoms with van der Waals surface area (Å²) in [5.74, 6) is -4.83. The number of amides is 2. The van der Waals surface area contributed by atoms with E-state index in [1.807, 2.05) is 0 Å². The van der Waals surface area contributed by atoms with E-state index < -0.39 is 53.1 Å². The highest BCUT2D eigenvalue weighted by Crippen LogP contribution is 2.20. The highest BCUT2D eigenvalue weighted by Gasteiger charge is 2.40. The summed E-state index contributed by atoms with van der Waals surface area (Å²) in [6, 6.07) is 6.91. The second-order valence-electron chi connectivity index (χ2n) is 8.94. The number of carbonyl (C=O) groups excluding carboxylic acids is 4. The Morgan fingerprint density at radius 2 is 1.82 bits per heavy atom. The summed E-state index contributed by atoms with van der Waals surface area (Å²) in [7, 11) is 0. The number of carbonyl (C=O) groups is 5. The summed E-state index contributed by atoms with van der Waals surface area (Å²) >= 11 is 0. The molecule has 1 heterocycles. The molecule has 0 radical (unpaired) electrons. The number of nitrogens with zero attached hydrogens (tertiary/aromatic N) is 1. The Balaban J connectivity index is 2.16. The minimum Gasteiger partial charge on any atom is -0.475 e. The van der Waals surface area contributed by atoms with Crippen LogP contribution in [0.2, 0.25) is 0 Å². The first-order valence-electron chi connectivity index (χ1n) is 10.7. The van der Waals surface area contributed by atoms with Crippen molar-refractivity contribution in [3.63, 3.8) is 0 Å². The van der Waals surface area contributed by atoms with E-state index in [4.69, 9.17) is 14.7 Å². The van der Waals surface area contributed by atoms with E-state index in [0.29, 0.717) is 0 Å². The molecule has 0 spiro atoms. The lowest BCUT2D eigenvalue weighted by Gasteiger charge is -2.27. The topological polar surface area (TPSA) is 139 Å². The Bertz CT molecular complexity index is 893. The number of carboxylic acids is 1. The summed E-state index contributed by atoms with van der Waals surface area (Å²) < 4.78 is 5.27. The molecular formula is C23H30N2O8. The number of Topliss-reactive ketones (excluding diaryl/α,β-unsaturated/α-hetero) is 2. The number of carboxylic acid groups (broad SMARTS) is 1. The van der Waals surface area contributed by atoms with Crippen molar-refractivity contribution in [1.29, 1.82) is 0 Å². The molecule has 0 aromatic heterocycles. The van der Waals surface area contributed by atoms with Crippen molar-refractivity contribution >= 4 is 29.5 Å². The van der Waals surface area contributed by atoms with E-state index in [1.165, 1.54) is 6.92 Å². The zero-order valence-electron chi connectivity index (χ0n) is 19.2. The van der Waals surface area contributed by atoms with Gasteiger partial charge in [0, 0.05) is 18.8 Å². The minimum atomic E-state index is -1.62. The van der Waals surface area contributed by atoms with Crippen LogP contribution < -0.4 is 5.32 Å². The van der Waals surface area contributed by atoms with Crippen molar-refractivity contribution in [3.05, 3.63) is 35.9 Å². The molecule has 2 N–H and O–H groups in total. The molecule has 0 bridgehead atoms. The number of ether oxygens (including phenoxy) is 1. The van der Waals surface area contributed by atoms with Crippen LogP contribution in [0, 0.1) is 5.92 Å². The number of nitrogens with one attached hydrogen (secondary N) is 1. The maximum atomic E-state index is 13.0. The highest BCUT2D eigenvalue weighted by molar-refractivity contribution is 6.33. The molecule has 1 aliphatic rings. The lowest BCUT2D eigenvalue weighted by molar-refractivity contribution is -0.151. The number of hydrogen-bond donors (Lipinski definition) is 2. The quantitative estimate of drug-likeness (QED) is 0.531. The van der Waals surface area contributed by atoms with Gasteiger partial charge >= 0.3 is 12.1 Å². The number of hydrogen-bond acceptors (Lipinski definition) is 7. The average molecular weight is 462 g/mol. The monoisotopic (exact) mass is 462 g/mol. The first-order chi connectivity index (χ1) is 15.4. The SMILES string of the molecule is C[C@H](CC(=O)[C@H](Cc1ccccc1)NC(=O)C1CCON1C(=O)OC(C)(C)C)C(=O)C(=O)O. The van der Waals surface area contributed by atoms with E-state index in [0.717, 1.165) is 10.6 Å². The maximum Gasteiger partial charge on any atom is 0.435 e.